The molecule has 1 fully saturated rings. The Morgan fingerprint density at radius 1 is 1.10 bits per heavy atom. The molecule has 0 spiro atoms. The summed E-state index contributed by atoms with van der Waals surface area (Å²) in [6.07, 6.45) is 16.0. The van der Waals surface area contributed by atoms with Gasteiger partial charge in [-0.1, -0.05) is 44.4 Å². The normalized spacial score (nSPS) is 17.5. The van der Waals surface area contributed by atoms with Crippen molar-refractivity contribution in [1.82, 2.24) is 0 Å². The second-order valence-electron chi connectivity index (χ2n) is 5.44. The fraction of sp³-hybridized carbons (Fsp3) is 0.737. The van der Waals surface area contributed by atoms with Crippen molar-refractivity contribution in [3.8, 4) is 11.8 Å². The van der Waals surface area contributed by atoms with Gasteiger partial charge in [-0.05, 0) is 44.3 Å². The van der Waals surface area contributed by atoms with Crippen molar-refractivity contribution >= 4 is 0 Å². The molecule has 1 heterocycles. The lowest BCUT2D eigenvalue weighted by Crippen LogP contribution is -2.22. The highest BCUT2D eigenvalue weighted by Crippen LogP contribution is 2.13. The van der Waals surface area contributed by atoms with Crippen molar-refractivity contribution in [3.05, 3.63) is 17.9 Å². The molecule has 0 saturated carbocycles. The average molecular weight is 290 g/mol. The Labute approximate surface area is 130 Å². The first-order chi connectivity index (χ1) is 10.4. The lowest BCUT2D eigenvalue weighted by Gasteiger charge is -2.21. The Morgan fingerprint density at radius 3 is 2.81 bits per heavy atom. The van der Waals surface area contributed by atoms with E-state index in [2.05, 4.69) is 30.6 Å². The number of rotatable bonds is 9. The fourth-order valence-electron chi connectivity index (χ4n) is 2.23. The molecule has 1 atom stereocenters. The molecule has 2 nitrogen and oxygen atoms in total. The molecule has 1 aliphatic rings. The molecule has 0 aliphatic carbocycles. The number of allylic oxidation sites excluding steroid dienone is 1. The second kappa shape index (κ2) is 14.0. The summed E-state index contributed by atoms with van der Waals surface area (Å²) in [6.45, 7) is 3.54. The maximum Gasteiger partial charge on any atom is 0.158 e. The van der Waals surface area contributed by atoms with E-state index in [1.165, 1.54) is 38.5 Å². The molecule has 1 rings (SSSR count). The SMILES string of the molecule is CCCCCCCC=C=CCC#CCO[C@H]1CCCCO1. The topological polar surface area (TPSA) is 18.5 Å². The zero-order valence-electron chi connectivity index (χ0n) is 13.5. The van der Waals surface area contributed by atoms with Crippen LogP contribution in [-0.4, -0.2) is 19.5 Å². The van der Waals surface area contributed by atoms with Crippen molar-refractivity contribution in [1.29, 1.82) is 0 Å². The third kappa shape index (κ3) is 11.3. The summed E-state index contributed by atoms with van der Waals surface area (Å²) in [6, 6.07) is 0. The number of hydrogen-bond acceptors (Lipinski definition) is 2. The first-order valence-electron chi connectivity index (χ1n) is 8.52. The predicted octanol–water partition coefficient (Wildman–Crippen LogP) is 4.99. The maximum atomic E-state index is 5.54. The van der Waals surface area contributed by atoms with Gasteiger partial charge < -0.3 is 9.47 Å². The van der Waals surface area contributed by atoms with E-state index < -0.39 is 0 Å². The van der Waals surface area contributed by atoms with Crippen LogP contribution in [0.1, 0.15) is 71.1 Å². The van der Waals surface area contributed by atoms with E-state index in [1.54, 1.807) is 0 Å². The summed E-state index contributed by atoms with van der Waals surface area (Å²) in [7, 11) is 0. The van der Waals surface area contributed by atoms with Crippen LogP contribution >= 0.6 is 0 Å². The van der Waals surface area contributed by atoms with Crippen molar-refractivity contribution < 1.29 is 9.47 Å². The molecule has 118 valence electrons. The van der Waals surface area contributed by atoms with Gasteiger partial charge in [0.05, 0.1) is 0 Å². The molecule has 0 bridgehead atoms. The minimum Gasteiger partial charge on any atom is -0.353 e. The molecule has 0 aromatic rings. The van der Waals surface area contributed by atoms with Crippen LogP contribution in [0.4, 0.5) is 0 Å². The summed E-state index contributed by atoms with van der Waals surface area (Å²) in [4.78, 5) is 0. The summed E-state index contributed by atoms with van der Waals surface area (Å²) < 4.78 is 11.0. The van der Waals surface area contributed by atoms with Crippen molar-refractivity contribution in [2.24, 2.45) is 0 Å². The van der Waals surface area contributed by atoms with Crippen LogP contribution in [0.2, 0.25) is 0 Å². The quantitative estimate of drug-likeness (QED) is 0.338. The summed E-state index contributed by atoms with van der Waals surface area (Å²) in [5, 5.41) is 0. The van der Waals surface area contributed by atoms with E-state index in [9.17, 15) is 0 Å². The van der Waals surface area contributed by atoms with Gasteiger partial charge in [0.25, 0.3) is 0 Å². The fourth-order valence-corrected chi connectivity index (χ4v) is 2.23. The van der Waals surface area contributed by atoms with Crippen LogP contribution in [0.15, 0.2) is 17.9 Å². The third-order valence-electron chi connectivity index (χ3n) is 3.50. The average Bonchev–Trinajstić information content (AvgIpc) is 2.53. The van der Waals surface area contributed by atoms with E-state index in [-0.39, 0.29) is 6.29 Å². The molecule has 0 amide bonds. The van der Waals surface area contributed by atoms with Gasteiger partial charge in [0.15, 0.2) is 6.29 Å². The summed E-state index contributed by atoms with van der Waals surface area (Å²) >= 11 is 0. The van der Waals surface area contributed by atoms with Gasteiger partial charge in [-0.3, -0.25) is 0 Å². The predicted molar refractivity (Wildman–Crippen MR) is 88.0 cm³/mol. The maximum absolute atomic E-state index is 5.54. The van der Waals surface area contributed by atoms with Crippen molar-refractivity contribution in [2.45, 2.75) is 77.4 Å². The van der Waals surface area contributed by atoms with Crippen molar-refractivity contribution in [3.63, 3.8) is 0 Å². The molecular formula is C19H30O2. The second-order valence-corrected chi connectivity index (χ2v) is 5.44. The van der Waals surface area contributed by atoms with Crippen molar-refractivity contribution in [2.75, 3.05) is 13.2 Å². The van der Waals surface area contributed by atoms with Gasteiger partial charge in [-0.15, -0.1) is 5.73 Å². The molecule has 21 heavy (non-hydrogen) atoms. The Morgan fingerprint density at radius 2 is 2.00 bits per heavy atom. The van der Waals surface area contributed by atoms with E-state index in [0.29, 0.717) is 6.61 Å². The molecule has 2 heteroatoms. The first kappa shape index (κ1) is 18.1. The van der Waals surface area contributed by atoms with E-state index in [0.717, 1.165) is 32.3 Å². The van der Waals surface area contributed by atoms with Gasteiger partial charge in [0.2, 0.25) is 0 Å². The summed E-state index contributed by atoms with van der Waals surface area (Å²) in [5.74, 6) is 6.10. The minimum absolute atomic E-state index is 0.0313. The van der Waals surface area contributed by atoms with Gasteiger partial charge in [-0.2, -0.15) is 0 Å². The molecular weight excluding hydrogens is 260 g/mol. The standard InChI is InChI=1S/C19H30O2/c1-2-3-4-5-6-7-8-9-10-11-12-14-17-20-19-16-13-15-18-21-19/h8,10,19H,2-7,11,13,15-18H2,1H3/t9?,19-/m1/s1. The first-order valence-corrected chi connectivity index (χ1v) is 8.52. The van der Waals surface area contributed by atoms with E-state index in [4.69, 9.17) is 9.47 Å². The Hall–Kier alpha value is -1.00. The van der Waals surface area contributed by atoms with Gasteiger partial charge in [0, 0.05) is 13.0 Å². The zero-order chi connectivity index (χ0) is 15.0. The summed E-state index contributed by atoms with van der Waals surface area (Å²) in [5.41, 5.74) is 3.20. The van der Waals surface area contributed by atoms with E-state index >= 15 is 0 Å². The molecule has 0 radical (unpaired) electrons. The van der Waals surface area contributed by atoms with Gasteiger partial charge in [0.1, 0.15) is 6.61 Å². The smallest absolute Gasteiger partial charge is 0.158 e. The van der Waals surface area contributed by atoms with Gasteiger partial charge in [-0.25, -0.2) is 0 Å². The molecule has 1 saturated heterocycles. The lowest BCUT2D eigenvalue weighted by molar-refractivity contribution is -0.154. The molecule has 1 aliphatic heterocycles. The monoisotopic (exact) mass is 290 g/mol. The number of hydrogen-bond donors (Lipinski definition) is 0. The molecule has 0 N–H and O–H groups in total. The van der Waals surface area contributed by atoms with Crippen LogP contribution in [0.3, 0.4) is 0 Å². The number of unbranched alkanes of at least 4 members (excludes halogenated alkanes) is 5. The highest BCUT2D eigenvalue weighted by Gasteiger charge is 2.12. The number of ether oxygens (including phenoxy) is 2. The van der Waals surface area contributed by atoms with Crippen LogP contribution in [0.5, 0.6) is 0 Å². The van der Waals surface area contributed by atoms with Crippen LogP contribution in [0, 0.1) is 11.8 Å². The zero-order valence-corrected chi connectivity index (χ0v) is 13.5. The molecule has 0 aromatic heterocycles. The van der Waals surface area contributed by atoms with Crippen LogP contribution < -0.4 is 0 Å². The molecule has 0 unspecified atom stereocenters. The molecule has 0 aromatic carbocycles. The van der Waals surface area contributed by atoms with Gasteiger partial charge >= 0.3 is 0 Å². The minimum atomic E-state index is -0.0313. The van der Waals surface area contributed by atoms with Crippen LogP contribution in [0.25, 0.3) is 0 Å². The highest BCUT2D eigenvalue weighted by atomic mass is 16.7. The Kier molecular flexibility index (Phi) is 12.0. The largest absolute Gasteiger partial charge is 0.353 e. The third-order valence-corrected chi connectivity index (χ3v) is 3.50. The Balaban J connectivity index is 1.94. The lowest BCUT2D eigenvalue weighted by atomic mass is 10.1. The Bertz CT molecular complexity index is 349. The van der Waals surface area contributed by atoms with Crippen LogP contribution in [-0.2, 0) is 9.47 Å². The highest BCUT2D eigenvalue weighted by molar-refractivity contribution is 5.04. The van der Waals surface area contributed by atoms with E-state index in [1.807, 2.05) is 6.08 Å².